The van der Waals surface area contributed by atoms with Gasteiger partial charge in [-0.3, -0.25) is 15.0 Å². The van der Waals surface area contributed by atoms with E-state index in [0.29, 0.717) is 12.8 Å². The molecule has 7 nitrogen and oxygen atoms in total. The number of amides is 4. The third-order valence-electron chi connectivity index (χ3n) is 5.00. The number of urea groups is 1. The summed E-state index contributed by atoms with van der Waals surface area (Å²) in [5.74, 6) is -0.652. The van der Waals surface area contributed by atoms with Crippen LogP contribution in [0.3, 0.4) is 0 Å². The number of hydrogen-bond donors (Lipinski definition) is 3. The molecule has 2 fully saturated rings. The van der Waals surface area contributed by atoms with E-state index in [9.17, 15) is 14.4 Å². The molecule has 1 aromatic rings. The molecule has 1 saturated heterocycles. The minimum absolute atomic E-state index is 0.196. The molecule has 1 aliphatic carbocycles. The smallest absolute Gasteiger partial charge is 0.325 e. The third kappa shape index (κ3) is 3.69. The standard InChI is InChI=1S/C17H24N4O3S/c1-12-6-9-25-13(12)10-20(2)11-14(22)19-21-15(23)17(18-16(21)24)7-4-3-5-8-17/h6,9H,3-5,7-8,10-11H2,1-2H3,(H,18,24)(H,19,22)/p+1. The summed E-state index contributed by atoms with van der Waals surface area (Å²) in [5.41, 5.74) is 2.90. The second kappa shape index (κ2) is 7.13. The molecule has 0 radical (unpaired) electrons. The molecule has 3 rings (SSSR count). The van der Waals surface area contributed by atoms with Crippen molar-refractivity contribution >= 4 is 29.2 Å². The molecule has 4 amide bonds. The Bertz CT molecular complexity index is 681. The van der Waals surface area contributed by atoms with Crippen molar-refractivity contribution in [3.63, 3.8) is 0 Å². The summed E-state index contributed by atoms with van der Waals surface area (Å²) in [6.07, 6.45) is 4.20. The van der Waals surface area contributed by atoms with E-state index >= 15 is 0 Å². The fourth-order valence-electron chi connectivity index (χ4n) is 3.58. The van der Waals surface area contributed by atoms with Crippen molar-refractivity contribution in [1.29, 1.82) is 0 Å². The molecule has 2 aliphatic rings. The molecule has 0 bridgehead atoms. The Balaban J connectivity index is 1.56. The van der Waals surface area contributed by atoms with E-state index in [1.807, 2.05) is 12.4 Å². The first-order valence-electron chi connectivity index (χ1n) is 8.72. The first-order valence-corrected chi connectivity index (χ1v) is 9.60. The molecule has 2 heterocycles. The number of likely N-dealkylation sites (N-methyl/N-ethyl adjacent to an activating group) is 1. The molecule has 0 aromatic carbocycles. The Morgan fingerprint density at radius 2 is 2.08 bits per heavy atom. The molecule has 25 heavy (non-hydrogen) atoms. The van der Waals surface area contributed by atoms with Gasteiger partial charge in [0, 0.05) is 0 Å². The predicted molar refractivity (Wildman–Crippen MR) is 93.9 cm³/mol. The van der Waals surface area contributed by atoms with Gasteiger partial charge in [0.2, 0.25) is 0 Å². The second-order valence-corrected chi connectivity index (χ2v) is 8.09. The lowest BCUT2D eigenvalue weighted by Gasteiger charge is -2.30. The van der Waals surface area contributed by atoms with Crippen molar-refractivity contribution in [2.45, 2.75) is 51.1 Å². The Labute approximate surface area is 151 Å². The summed E-state index contributed by atoms with van der Waals surface area (Å²) in [5, 5.41) is 5.70. The van der Waals surface area contributed by atoms with E-state index < -0.39 is 11.6 Å². The lowest BCUT2D eigenvalue weighted by Crippen LogP contribution is -3.09. The van der Waals surface area contributed by atoms with E-state index in [1.54, 1.807) is 11.3 Å². The quantitative estimate of drug-likeness (QED) is 0.659. The molecule has 136 valence electrons. The van der Waals surface area contributed by atoms with Gasteiger partial charge in [-0.1, -0.05) is 19.3 Å². The zero-order valence-electron chi connectivity index (χ0n) is 14.7. The van der Waals surface area contributed by atoms with Crippen molar-refractivity contribution < 1.29 is 19.3 Å². The summed E-state index contributed by atoms with van der Waals surface area (Å²) >= 11 is 1.67. The van der Waals surface area contributed by atoms with Crippen LogP contribution in [0.4, 0.5) is 4.79 Å². The van der Waals surface area contributed by atoms with Crippen LogP contribution in [0.5, 0.6) is 0 Å². The Morgan fingerprint density at radius 3 is 2.72 bits per heavy atom. The number of hydrogen-bond acceptors (Lipinski definition) is 4. The van der Waals surface area contributed by atoms with Crippen LogP contribution < -0.4 is 15.6 Å². The van der Waals surface area contributed by atoms with Crippen LogP contribution in [-0.2, 0) is 16.1 Å². The van der Waals surface area contributed by atoms with Gasteiger partial charge in [0.05, 0.1) is 11.9 Å². The van der Waals surface area contributed by atoms with Crippen molar-refractivity contribution in [3.05, 3.63) is 21.9 Å². The number of aryl methyl sites for hydroxylation is 1. The van der Waals surface area contributed by atoms with Crippen molar-refractivity contribution in [2.24, 2.45) is 0 Å². The van der Waals surface area contributed by atoms with Gasteiger partial charge >= 0.3 is 6.03 Å². The number of imide groups is 1. The van der Waals surface area contributed by atoms with Gasteiger partial charge in [-0.2, -0.15) is 5.01 Å². The molecule has 1 atom stereocenters. The maximum Gasteiger partial charge on any atom is 0.344 e. The Hall–Kier alpha value is -1.93. The lowest BCUT2D eigenvalue weighted by molar-refractivity contribution is -0.885. The van der Waals surface area contributed by atoms with Crippen molar-refractivity contribution in [3.8, 4) is 0 Å². The summed E-state index contributed by atoms with van der Waals surface area (Å²) in [6, 6.07) is 1.54. The molecule has 1 unspecified atom stereocenters. The largest absolute Gasteiger partial charge is 0.344 e. The van der Waals surface area contributed by atoms with E-state index in [2.05, 4.69) is 23.7 Å². The van der Waals surface area contributed by atoms with Gasteiger partial charge in [-0.05, 0) is 36.8 Å². The number of nitrogens with zero attached hydrogens (tertiary/aromatic N) is 1. The van der Waals surface area contributed by atoms with Gasteiger partial charge in [0.1, 0.15) is 12.1 Å². The van der Waals surface area contributed by atoms with Crippen LogP contribution in [0.1, 0.15) is 42.5 Å². The van der Waals surface area contributed by atoms with Crippen LogP contribution in [0.15, 0.2) is 11.4 Å². The van der Waals surface area contributed by atoms with Crippen LogP contribution >= 0.6 is 11.3 Å². The molecular formula is C17H25N4O3S+. The molecular weight excluding hydrogens is 340 g/mol. The zero-order chi connectivity index (χ0) is 18.0. The number of quaternary nitrogens is 1. The molecule has 8 heteroatoms. The second-order valence-electron chi connectivity index (χ2n) is 7.09. The fraction of sp³-hybridized carbons (Fsp3) is 0.588. The first-order chi connectivity index (χ1) is 11.9. The molecule has 1 aromatic heterocycles. The monoisotopic (exact) mass is 365 g/mol. The van der Waals surface area contributed by atoms with Crippen LogP contribution in [0.2, 0.25) is 0 Å². The normalized spacial score (nSPS) is 20.6. The summed E-state index contributed by atoms with van der Waals surface area (Å²) in [4.78, 5) is 39.3. The van der Waals surface area contributed by atoms with Gasteiger partial charge in [-0.25, -0.2) is 4.79 Å². The zero-order valence-corrected chi connectivity index (χ0v) is 15.5. The number of hydrazine groups is 1. The maximum atomic E-state index is 12.6. The number of carbonyl (C=O) groups excluding carboxylic acids is 3. The molecule has 1 spiro atoms. The van der Waals surface area contributed by atoms with Gasteiger partial charge in [0.15, 0.2) is 6.54 Å². The van der Waals surface area contributed by atoms with Crippen molar-refractivity contribution in [1.82, 2.24) is 15.8 Å². The van der Waals surface area contributed by atoms with E-state index in [4.69, 9.17) is 0 Å². The predicted octanol–water partition coefficient (Wildman–Crippen LogP) is 0.357. The Morgan fingerprint density at radius 1 is 1.36 bits per heavy atom. The van der Waals surface area contributed by atoms with E-state index in [0.717, 1.165) is 35.7 Å². The molecule has 1 saturated carbocycles. The van der Waals surface area contributed by atoms with Gasteiger partial charge < -0.3 is 10.2 Å². The molecule has 3 N–H and O–H groups in total. The minimum atomic E-state index is -0.810. The van der Waals surface area contributed by atoms with Gasteiger partial charge in [0.25, 0.3) is 11.8 Å². The number of nitrogens with one attached hydrogen (secondary N) is 3. The topological polar surface area (TPSA) is 82.9 Å². The average Bonchev–Trinajstić information content (AvgIpc) is 3.05. The highest BCUT2D eigenvalue weighted by atomic mass is 32.1. The van der Waals surface area contributed by atoms with Crippen LogP contribution in [0.25, 0.3) is 0 Å². The average molecular weight is 365 g/mol. The van der Waals surface area contributed by atoms with E-state index in [1.165, 1.54) is 10.4 Å². The number of carbonyl (C=O) groups is 3. The van der Waals surface area contributed by atoms with Crippen LogP contribution in [0, 0.1) is 6.92 Å². The summed E-state index contributed by atoms with van der Waals surface area (Å²) in [7, 11) is 1.92. The summed E-state index contributed by atoms with van der Waals surface area (Å²) in [6.45, 7) is 2.98. The highest BCUT2D eigenvalue weighted by Gasteiger charge is 2.52. The van der Waals surface area contributed by atoms with Crippen molar-refractivity contribution in [2.75, 3.05) is 13.6 Å². The minimum Gasteiger partial charge on any atom is -0.325 e. The summed E-state index contributed by atoms with van der Waals surface area (Å²) < 4.78 is 0. The number of thiophene rings is 1. The first kappa shape index (κ1) is 17.9. The van der Waals surface area contributed by atoms with Crippen LogP contribution in [-0.4, -0.2) is 42.0 Å². The van der Waals surface area contributed by atoms with Gasteiger partial charge in [-0.15, -0.1) is 11.3 Å². The SMILES string of the molecule is Cc1ccsc1C[NH+](C)CC(=O)NN1C(=O)NC2(CCCCC2)C1=O. The highest BCUT2D eigenvalue weighted by molar-refractivity contribution is 7.10. The Kier molecular flexibility index (Phi) is 5.10. The maximum absolute atomic E-state index is 12.6. The lowest BCUT2D eigenvalue weighted by atomic mass is 9.82. The fourth-order valence-corrected chi connectivity index (χ4v) is 4.60. The highest BCUT2D eigenvalue weighted by Crippen LogP contribution is 2.32. The van der Waals surface area contributed by atoms with E-state index in [-0.39, 0.29) is 18.4 Å². The molecule has 1 aliphatic heterocycles. The third-order valence-corrected chi connectivity index (χ3v) is 6.02. The number of rotatable bonds is 5.